The van der Waals surface area contributed by atoms with Crippen molar-refractivity contribution in [2.75, 3.05) is 11.9 Å². The van der Waals surface area contributed by atoms with Gasteiger partial charge in [0.05, 0.1) is 0 Å². The summed E-state index contributed by atoms with van der Waals surface area (Å²) in [6, 6.07) is 7.80. The minimum Gasteiger partial charge on any atom is -0.365 e. The number of benzene rings is 1. The van der Waals surface area contributed by atoms with Crippen LogP contribution in [-0.4, -0.2) is 18.1 Å². The van der Waals surface area contributed by atoms with E-state index in [4.69, 9.17) is 4.74 Å². The number of halogens is 1. The van der Waals surface area contributed by atoms with Crippen LogP contribution in [0, 0.1) is 0 Å². The van der Waals surface area contributed by atoms with Gasteiger partial charge < -0.3 is 10.1 Å². The van der Waals surface area contributed by atoms with Crippen molar-refractivity contribution in [2.45, 2.75) is 30.7 Å². The average molecular weight is 298 g/mol. The van der Waals surface area contributed by atoms with E-state index in [0.29, 0.717) is 6.61 Å². The Hall–Kier alpha value is -0.870. The zero-order valence-electron chi connectivity index (χ0n) is 9.83. The molecule has 0 bridgehead atoms. The molecule has 17 heavy (non-hydrogen) atoms. The van der Waals surface area contributed by atoms with Gasteiger partial charge in [-0.1, -0.05) is 28.1 Å². The highest BCUT2D eigenvalue weighted by molar-refractivity contribution is 9.08. The Morgan fingerprint density at radius 1 is 1.59 bits per heavy atom. The van der Waals surface area contributed by atoms with Crippen LogP contribution in [0.1, 0.15) is 25.3 Å². The molecule has 0 radical (unpaired) electrons. The zero-order chi connectivity index (χ0) is 12.3. The number of carbonyl (C=O) groups excluding carboxylic acids is 1. The molecule has 1 saturated heterocycles. The number of hydrogen-bond donors (Lipinski definition) is 1. The Bertz CT molecular complexity index is 414. The molecule has 1 aliphatic rings. The number of carbonyl (C=O) groups is 1. The van der Waals surface area contributed by atoms with Gasteiger partial charge in [0.2, 0.25) is 0 Å². The molecule has 0 aliphatic carbocycles. The van der Waals surface area contributed by atoms with Gasteiger partial charge in [-0.05, 0) is 37.5 Å². The first-order valence-electron chi connectivity index (χ1n) is 5.74. The van der Waals surface area contributed by atoms with E-state index in [1.165, 1.54) is 0 Å². The summed E-state index contributed by atoms with van der Waals surface area (Å²) < 4.78 is 5.51. The SMILES string of the molecule is CC1(C(=O)Nc2cccc(CBr)c2)CCCO1. The first kappa shape index (κ1) is 12.6. The molecule has 1 aromatic rings. The van der Waals surface area contributed by atoms with Gasteiger partial charge in [-0.3, -0.25) is 4.79 Å². The summed E-state index contributed by atoms with van der Waals surface area (Å²) in [7, 11) is 0. The molecule has 4 heteroatoms. The maximum Gasteiger partial charge on any atom is 0.256 e. The lowest BCUT2D eigenvalue weighted by molar-refractivity contribution is -0.133. The second-order valence-electron chi connectivity index (χ2n) is 4.47. The van der Waals surface area contributed by atoms with Crippen molar-refractivity contribution in [2.24, 2.45) is 0 Å². The fourth-order valence-corrected chi connectivity index (χ4v) is 2.30. The molecule has 0 aromatic heterocycles. The minimum absolute atomic E-state index is 0.0540. The van der Waals surface area contributed by atoms with Gasteiger partial charge in [0, 0.05) is 17.6 Å². The highest BCUT2D eigenvalue weighted by atomic mass is 79.9. The van der Waals surface area contributed by atoms with Crippen molar-refractivity contribution in [1.29, 1.82) is 0 Å². The number of nitrogens with one attached hydrogen (secondary N) is 1. The monoisotopic (exact) mass is 297 g/mol. The van der Waals surface area contributed by atoms with Crippen molar-refractivity contribution in [3.8, 4) is 0 Å². The average Bonchev–Trinajstić information content (AvgIpc) is 2.78. The van der Waals surface area contributed by atoms with Crippen LogP contribution < -0.4 is 5.32 Å². The van der Waals surface area contributed by atoms with E-state index < -0.39 is 5.60 Å². The third-order valence-corrected chi connectivity index (χ3v) is 3.69. The van der Waals surface area contributed by atoms with Crippen LogP contribution in [0.15, 0.2) is 24.3 Å². The molecular formula is C13H16BrNO2. The van der Waals surface area contributed by atoms with E-state index in [-0.39, 0.29) is 5.91 Å². The summed E-state index contributed by atoms with van der Waals surface area (Å²) in [5, 5.41) is 3.70. The molecule has 2 rings (SSSR count). The van der Waals surface area contributed by atoms with Crippen molar-refractivity contribution >= 4 is 27.5 Å². The maximum absolute atomic E-state index is 12.1. The third-order valence-electron chi connectivity index (χ3n) is 3.04. The second-order valence-corrected chi connectivity index (χ2v) is 5.03. The molecular weight excluding hydrogens is 282 g/mol. The lowest BCUT2D eigenvalue weighted by Crippen LogP contribution is -2.39. The first-order valence-corrected chi connectivity index (χ1v) is 6.86. The number of amides is 1. The summed E-state index contributed by atoms with van der Waals surface area (Å²) in [6.07, 6.45) is 1.74. The summed E-state index contributed by atoms with van der Waals surface area (Å²) in [4.78, 5) is 12.1. The first-order chi connectivity index (χ1) is 8.14. The molecule has 1 N–H and O–H groups in total. The summed E-state index contributed by atoms with van der Waals surface area (Å²) in [5.41, 5.74) is 1.30. The van der Waals surface area contributed by atoms with E-state index in [0.717, 1.165) is 29.4 Å². The number of anilines is 1. The Labute approximate surface area is 110 Å². The maximum atomic E-state index is 12.1. The van der Waals surface area contributed by atoms with Gasteiger partial charge in [-0.25, -0.2) is 0 Å². The highest BCUT2D eigenvalue weighted by Gasteiger charge is 2.37. The lowest BCUT2D eigenvalue weighted by atomic mass is 10.0. The van der Waals surface area contributed by atoms with Crippen molar-refractivity contribution in [1.82, 2.24) is 0 Å². The van der Waals surface area contributed by atoms with Crippen molar-refractivity contribution in [3.63, 3.8) is 0 Å². The molecule has 1 aromatic carbocycles. The fourth-order valence-electron chi connectivity index (χ4n) is 1.95. The molecule has 1 aliphatic heterocycles. The topological polar surface area (TPSA) is 38.3 Å². The van der Waals surface area contributed by atoms with E-state index in [1.54, 1.807) is 0 Å². The van der Waals surface area contributed by atoms with Crippen molar-refractivity contribution in [3.05, 3.63) is 29.8 Å². The van der Waals surface area contributed by atoms with Gasteiger partial charge in [-0.15, -0.1) is 0 Å². The molecule has 3 nitrogen and oxygen atoms in total. The minimum atomic E-state index is -0.662. The third kappa shape index (κ3) is 2.87. The van der Waals surface area contributed by atoms with Crippen LogP contribution in [0.25, 0.3) is 0 Å². The van der Waals surface area contributed by atoms with Gasteiger partial charge in [0.25, 0.3) is 5.91 Å². The molecule has 1 fully saturated rings. The quantitative estimate of drug-likeness (QED) is 0.871. The van der Waals surface area contributed by atoms with Crippen LogP contribution in [0.3, 0.4) is 0 Å². The van der Waals surface area contributed by atoms with E-state index in [9.17, 15) is 4.79 Å². The van der Waals surface area contributed by atoms with Crippen LogP contribution >= 0.6 is 15.9 Å². The molecule has 1 amide bonds. The van der Waals surface area contributed by atoms with Crippen molar-refractivity contribution < 1.29 is 9.53 Å². The Morgan fingerprint density at radius 3 is 3.06 bits per heavy atom. The molecule has 1 unspecified atom stereocenters. The second kappa shape index (κ2) is 5.19. The van der Waals surface area contributed by atoms with Gasteiger partial charge in [0.15, 0.2) is 0 Å². The summed E-state index contributed by atoms with van der Waals surface area (Å²) >= 11 is 3.40. The highest BCUT2D eigenvalue weighted by Crippen LogP contribution is 2.26. The smallest absolute Gasteiger partial charge is 0.256 e. The van der Waals surface area contributed by atoms with E-state index in [2.05, 4.69) is 21.2 Å². The molecule has 0 spiro atoms. The van der Waals surface area contributed by atoms with Crippen LogP contribution in [0.4, 0.5) is 5.69 Å². The van der Waals surface area contributed by atoms with E-state index >= 15 is 0 Å². The summed E-state index contributed by atoms with van der Waals surface area (Å²) in [6.45, 7) is 2.52. The standard InChI is InChI=1S/C13H16BrNO2/c1-13(6-3-7-17-13)12(16)15-11-5-2-4-10(8-11)9-14/h2,4-5,8H,3,6-7,9H2,1H3,(H,15,16). The van der Waals surface area contributed by atoms with Crippen LogP contribution in [0.2, 0.25) is 0 Å². The van der Waals surface area contributed by atoms with Gasteiger partial charge >= 0.3 is 0 Å². The predicted molar refractivity (Wildman–Crippen MR) is 71.3 cm³/mol. The number of alkyl halides is 1. The molecule has 92 valence electrons. The summed E-state index contributed by atoms with van der Waals surface area (Å²) in [5.74, 6) is -0.0540. The largest absolute Gasteiger partial charge is 0.365 e. The van der Waals surface area contributed by atoms with Gasteiger partial charge in [0.1, 0.15) is 5.60 Å². The fraction of sp³-hybridized carbons (Fsp3) is 0.462. The number of hydrogen-bond acceptors (Lipinski definition) is 2. The Kier molecular flexibility index (Phi) is 3.84. The zero-order valence-corrected chi connectivity index (χ0v) is 11.4. The lowest BCUT2D eigenvalue weighted by Gasteiger charge is -2.22. The molecule has 1 atom stereocenters. The van der Waals surface area contributed by atoms with Gasteiger partial charge in [-0.2, -0.15) is 0 Å². The number of rotatable bonds is 3. The Morgan fingerprint density at radius 2 is 2.41 bits per heavy atom. The van der Waals surface area contributed by atoms with Crippen LogP contribution in [0.5, 0.6) is 0 Å². The predicted octanol–water partition coefficient (Wildman–Crippen LogP) is 3.09. The Balaban J connectivity index is 2.07. The van der Waals surface area contributed by atoms with E-state index in [1.807, 2.05) is 31.2 Å². The molecule has 1 heterocycles. The normalized spacial score (nSPS) is 23.6. The number of ether oxygens (including phenoxy) is 1. The van der Waals surface area contributed by atoms with Crippen LogP contribution in [-0.2, 0) is 14.9 Å². The molecule has 0 saturated carbocycles.